The van der Waals surface area contributed by atoms with Crippen LogP contribution in [0.4, 0.5) is 0 Å². The largest absolute Gasteiger partial charge is 0.350 e. The second kappa shape index (κ2) is 10.8. The van der Waals surface area contributed by atoms with Crippen molar-refractivity contribution < 1.29 is 9.59 Å². The van der Waals surface area contributed by atoms with Crippen molar-refractivity contribution in [2.75, 3.05) is 24.6 Å². The summed E-state index contributed by atoms with van der Waals surface area (Å²) in [6.45, 7) is 5.92. The Morgan fingerprint density at radius 2 is 1.84 bits per heavy atom. The van der Waals surface area contributed by atoms with Gasteiger partial charge >= 0.3 is 0 Å². The minimum atomic E-state index is -0.0282. The summed E-state index contributed by atoms with van der Waals surface area (Å²) >= 11 is 5.79. The Balaban J connectivity index is 1.70. The van der Waals surface area contributed by atoms with Crippen LogP contribution in [0.15, 0.2) is 26.2 Å². The fourth-order valence-corrected chi connectivity index (χ4v) is 5.28. The summed E-state index contributed by atoms with van der Waals surface area (Å²) in [5.41, 5.74) is 0. The van der Waals surface area contributed by atoms with Crippen LogP contribution < -0.4 is 5.32 Å². The molecule has 0 aliphatic rings. The number of nitrogens with zero attached hydrogens (tertiary/aromatic N) is 3. The average molecular weight is 417 g/mol. The van der Waals surface area contributed by atoms with Crippen LogP contribution in [0.1, 0.15) is 18.7 Å². The van der Waals surface area contributed by atoms with E-state index < -0.39 is 0 Å². The van der Waals surface area contributed by atoms with Crippen molar-refractivity contribution in [2.24, 2.45) is 0 Å². The molecule has 2 rings (SSSR count). The molecule has 6 nitrogen and oxygen atoms in total. The molecule has 0 atom stereocenters. The van der Waals surface area contributed by atoms with E-state index in [0.29, 0.717) is 31.1 Å². The van der Waals surface area contributed by atoms with Crippen molar-refractivity contribution in [1.82, 2.24) is 20.4 Å². The number of amides is 2. The standard InChI is InChI=1S/C15H20N4O2S4/c1-3-19(4-2)13(21)10-24-15-18-17-14(25-15)23-9-12(20)16-8-11-6-5-7-22-11/h5-7H,3-4,8-10H2,1-2H3,(H,16,20). The van der Waals surface area contributed by atoms with Gasteiger partial charge in [0.15, 0.2) is 8.68 Å². The van der Waals surface area contributed by atoms with E-state index in [-0.39, 0.29) is 11.8 Å². The van der Waals surface area contributed by atoms with E-state index in [2.05, 4.69) is 15.5 Å². The molecule has 0 aliphatic heterocycles. The fourth-order valence-electron chi connectivity index (χ4n) is 1.88. The summed E-state index contributed by atoms with van der Waals surface area (Å²) in [7, 11) is 0. The van der Waals surface area contributed by atoms with Gasteiger partial charge in [-0.2, -0.15) is 0 Å². The molecular weight excluding hydrogens is 396 g/mol. The molecule has 0 aliphatic carbocycles. The molecule has 10 heteroatoms. The van der Waals surface area contributed by atoms with Gasteiger partial charge in [-0.3, -0.25) is 9.59 Å². The number of thioether (sulfide) groups is 2. The summed E-state index contributed by atoms with van der Waals surface area (Å²) in [5, 5.41) is 13.0. The van der Waals surface area contributed by atoms with Gasteiger partial charge < -0.3 is 10.2 Å². The lowest BCUT2D eigenvalue weighted by atomic mass is 10.4. The van der Waals surface area contributed by atoms with Gasteiger partial charge in [0.25, 0.3) is 0 Å². The molecule has 2 aromatic heterocycles. The third-order valence-corrected chi connectivity index (χ3v) is 7.24. The second-order valence-electron chi connectivity index (χ2n) is 4.83. The van der Waals surface area contributed by atoms with Crippen LogP contribution in [-0.4, -0.2) is 51.5 Å². The zero-order valence-corrected chi connectivity index (χ0v) is 17.3. The average Bonchev–Trinajstić information content (AvgIpc) is 3.29. The quantitative estimate of drug-likeness (QED) is 0.600. The summed E-state index contributed by atoms with van der Waals surface area (Å²) in [5.74, 6) is 0.748. The number of hydrogen-bond donors (Lipinski definition) is 1. The topological polar surface area (TPSA) is 75.2 Å². The maximum atomic E-state index is 12.0. The molecule has 0 radical (unpaired) electrons. The Bertz CT molecular complexity index is 671. The molecule has 0 bridgehead atoms. The molecule has 0 spiro atoms. The van der Waals surface area contributed by atoms with E-state index in [1.165, 1.54) is 34.9 Å². The van der Waals surface area contributed by atoms with Crippen LogP contribution in [0.2, 0.25) is 0 Å². The molecule has 2 heterocycles. The van der Waals surface area contributed by atoms with Gasteiger partial charge in [-0.25, -0.2) is 0 Å². The minimum Gasteiger partial charge on any atom is -0.350 e. The maximum absolute atomic E-state index is 12.0. The van der Waals surface area contributed by atoms with Crippen molar-refractivity contribution >= 4 is 58.0 Å². The number of carbonyl (C=O) groups is 2. The lowest BCUT2D eigenvalue weighted by Gasteiger charge is -2.17. The van der Waals surface area contributed by atoms with Crippen molar-refractivity contribution in [3.05, 3.63) is 22.4 Å². The molecule has 2 aromatic rings. The Kier molecular flexibility index (Phi) is 8.73. The Hall–Kier alpha value is -1.10. The molecule has 25 heavy (non-hydrogen) atoms. The highest BCUT2D eigenvalue weighted by atomic mass is 32.2. The first-order valence-electron chi connectivity index (χ1n) is 7.78. The zero-order valence-electron chi connectivity index (χ0n) is 14.1. The highest BCUT2D eigenvalue weighted by Gasteiger charge is 2.13. The molecule has 0 fully saturated rings. The fraction of sp³-hybridized carbons (Fsp3) is 0.467. The zero-order chi connectivity index (χ0) is 18.1. The van der Waals surface area contributed by atoms with Crippen LogP contribution in [0.3, 0.4) is 0 Å². The molecule has 0 saturated heterocycles. The van der Waals surface area contributed by atoms with Crippen LogP contribution in [-0.2, 0) is 16.1 Å². The van der Waals surface area contributed by atoms with Gasteiger partial charge in [0.1, 0.15) is 0 Å². The minimum absolute atomic E-state index is 0.0282. The number of aromatic nitrogens is 2. The molecule has 0 aromatic carbocycles. The highest BCUT2D eigenvalue weighted by Crippen LogP contribution is 2.28. The monoisotopic (exact) mass is 416 g/mol. The third-order valence-electron chi connectivity index (χ3n) is 3.19. The van der Waals surface area contributed by atoms with Gasteiger partial charge in [0.2, 0.25) is 11.8 Å². The van der Waals surface area contributed by atoms with Gasteiger partial charge in [-0.15, -0.1) is 21.5 Å². The van der Waals surface area contributed by atoms with Gasteiger partial charge in [-0.1, -0.05) is 40.9 Å². The van der Waals surface area contributed by atoms with Crippen LogP contribution in [0.5, 0.6) is 0 Å². The molecule has 1 N–H and O–H groups in total. The lowest BCUT2D eigenvalue weighted by molar-refractivity contribution is -0.128. The van der Waals surface area contributed by atoms with Crippen molar-refractivity contribution in [2.45, 2.75) is 29.1 Å². The summed E-state index contributed by atoms with van der Waals surface area (Å²) in [6, 6.07) is 3.96. The predicted molar refractivity (Wildman–Crippen MR) is 105 cm³/mol. The van der Waals surface area contributed by atoms with Gasteiger partial charge in [0.05, 0.1) is 18.1 Å². The van der Waals surface area contributed by atoms with E-state index in [9.17, 15) is 9.59 Å². The van der Waals surface area contributed by atoms with Gasteiger partial charge in [-0.05, 0) is 25.3 Å². The number of carbonyl (C=O) groups excluding carboxylic acids is 2. The number of thiophene rings is 1. The maximum Gasteiger partial charge on any atom is 0.233 e. The third kappa shape index (κ3) is 6.96. The van der Waals surface area contributed by atoms with E-state index >= 15 is 0 Å². The molecular formula is C15H20N4O2S4. The predicted octanol–water partition coefficient (Wildman–Crippen LogP) is 2.97. The first-order valence-corrected chi connectivity index (χ1v) is 11.4. The first kappa shape index (κ1) is 20.2. The molecule has 0 unspecified atom stereocenters. The Morgan fingerprint density at radius 1 is 1.16 bits per heavy atom. The molecule has 136 valence electrons. The van der Waals surface area contributed by atoms with Crippen LogP contribution >= 0.6 is 46.2 Å². The molecule has 2 amide bonds. The number of rotatable bonds is 10. The summed E-state index contributed by atoms with van der Waals surface area (Å²) < 4.78 is 1.49. The molecule has 0 saturated carbocycles. The smallest absolute Gasteiger partial charge is 0.233 e. The van der Waals surface area contributed by atoms with Crippen LogP contribution in [0, 0.1) is 0 Å². The summed E-state index contributed by atoms with van der Waals surface area (Å²) in [6.07, 6.45) is 0. The van der Waals surface area contributed by atoms with Crippen molar-refractivity contribution in [3.63, 3.8) is 0 Å². The normalized spacial score (nSPS) is 10.6. The number of hydrogen-bond acceptors (Lipinski definition) is 8. The number of nitrogens with one attached hydrogen (secondary N) is 1. The van der Waals surface area contributed by atoms with Crippen molar-refractivity contribution in [1.29, 1.82) is 0 Å². The Labute approximate surface area is 163 Å². The summed E-state index contributed by atoms with van der Waals surface area (Å²) in [4.78, 5) is 26.7. The second-order valence-corrected chi connectivity index (χ2v) is 9.29. The van der Waals surface area contributed by atoms with Crippen LogP contribution in [0.25, 0.3) is 0 Å². The van der Waals surface area contributed by atoms with E-state index in [0.717, 1.165) is 13.6 Å². The van der Waals surface area contributed by atoms with E-state index in [1.54, 1.807) is 16.2 Å². The Morgan fingerprint density at radius 3 is 2.44 bits per heavy atom. The van der Waals surface area contributed by atoms with Gasteiger partial charge in [0, 0.05) is 18.0 Å². The van der Waals surface area contributed by atoms with Crippen molar-refractivity contribution in [3.8, 4) is 0 Å². The lowest BCUT2D eigenvalue weighted by Crippen LogP contribution is -2.31. The highest BCUT2D eigenvalue weighted by molar-refractivity contribution is 8.03. The van der Waals surface area contributed by atoms with E-state index in [4.69, 9.17) is 0 Å². The van der Waals surface area contributed by atoms with E-state index in [1.807, 2.05) is 31.4 Å². The SMILES string of the molecule is CCN(CC)C(=O)CSc1nnc(SCC(=O)NCc2cccs2)s1. The first-order chi connectivity index (χ1) is 12.1.